The molecule has 6 heteroatoms. The molecule has 1 N–H and O–H groups in total. The molecule has 1 aliphatic heterocycles. The van der Waals surface area contributed by atoms with Crippen molar-refractivity contribution in [1.82, 2.24) is 15.1 Å². The van der Waals surface area contributed by atoms with Crippen LogP contribution in [0.5, 0.6) is 0 Å². The summed E-state index contributed by atoms with van der Waals surface area (Å²) in [5.41, 5.74) is 1.13. The second kappa shape index (κ2) is 8.80. The molecule has 5 nitrogen and oxygen atoms in total. The number of hydrogen-bond donors (Lipinski definition) is 1. The minimum atomic E-state index is -0.0507. The highest BCUT2D eigenvalue weighted by Gasteiger charge is 2.35. The van der Waals surface area contributed by atoms with Gasteiger partial charge in [0.25, 0.3) is 0 Å². The fraction of sp³-hybridized carbons (Fsp3) is 0.600. The molecular formula is C20H29N3O2S. The lowest BCUT2D eigenvalue weighted by Crippen LogP contribution is -2.46. The summed E-state index contributed by atoms with van der Waals surface area (Å²) < 4.78 is 0. The third-order valence-electron chi connectivity index (χ3n) is 5.20. The number of amides is 3. The van der Waals surface area contributed by atoms with Gasteiger partial charge in [-0.2, -0.15) is 0 Å². The Labute approximate surface area is 160 Å². The number of nitrogens with zero attached hydrogens (tertiary/aromatic N) is 2. The van der Waals surface area contributed by atoms with Gasteiger partial charge < -0.3 is 15.1 Å². The zero-order chi connectivity index (χ0) is 18.5. The van der Waals surface area contributed by atoms with Crippen LogP contribution < -0.4 is 5.32 Å². The Morgan fingerprint density at radius 2 is 2.12 bits per heavy atom. The zero-order valence-corrected chi connectivity index (χ0v) is 16.6. The van der Waals surface area contributed by atoms with E-state index in [1.54, 1.807) is 16.7 Å². The highest BCUT2D eigenvalue weighted by atomic mass is 32.2. The van der Waals surface area contributed by atoms with Crippen molar-refractivity contribution in [2.45, 2.75) is 37.1 Å². The van der Waals surface area contributed by atoms with E-state index in [0.29, 0.717) is 24.9 Å². The lowest BCUT2D eigenvalue weighted by molar-refractivity contribution is -0.134. The number of thioether (sulfide) groups is 1. The number of piperidine rings is 1. The Morgan fingerprint density at radius 1 is 1.31 bits per heavy atom. The summed E-state index contributed by atoms with van der Waals surface area (Å²) in [4.78, 5) is 29.6. The molecule has 3 amide bonds. The fourth-order valence-corrected chi connectivity index (χ4v) is 3.99. The van der Waals surface area contributed by atoms with Gasteiger partial charge in [0.1, 0.15) is 0 Å². The molecule has 1 atom stereocenters. The average molecular weight is 376 g/mol. The number of carbonyl (C=O) groups excluding carboxylic acids is 2. The van der Waals surface area contributed by atoms with Crippen molar-refractivity contribution in [3.8, 4) is 0 Å². The lowest BCUT2D eigenvalue weighted by atomic mass is 9.97. The molecule has 2 aliphatic rings. The Bertz CT molecular complexity index is 648. The van der Waals surface area contributed by atoms with Crippen molar-refractivity contribution in [3.05, 3.63) is 29.8 Å². The van der Waals surface area contributed by atoms with Crippen LogP contribution in [0, 0.1) is 11.8 Å². The van der Waals surface area contributed by atoms with Gasteiger partial charge in [-0.15, -0.1) is 11.8 Å². The van der Waals surface area contributed by atoms with E-state index in [9.17, 15) is 9.59 Å². The normalized spacial score (nSPS) is 19.9. The van der Waals surface area contributed by atoms with Gasteiger partial charge in [-0.25, -0.2) is 4.79 Å². The van der Waals surface area contributed by atoms with Gasteiger partial charge in [0.2, 0.25) is 5.91 Å². The van der Waals surface area contributed by atoms with E-state index < -0.39 is 0 Å². The highest BCUT2D eigenvalue weighted by molar-refractivity contribution is 7.98. The van der Waals surface area contributed by atoms with Crippen LogP contribution >= 0.6 is 11.8 Å². The fourth-order valence-electron chi connectivity index (χ4n) is 3.50. The summed E-state index contributed by atoms with van der Waals surface area (Å²) in [6.07, 6.45) is 6.28. The molecule has 1 saturated carbocycles. The second-order valence-corrected chi connectivity index (χ2v) is 8.34. The van der Waals surface area contributed by atoms with Crippen LogP contribution in [0.2, 0.25) is 0 Å². The molecule has 1 saturated heterocycles. The quantitative estimate of drug-likeness (QED) is 0.777. The van der Waals surface area contributed by atoms with E-state index in [2.05, 4.69) is 23.7 Å². The number of urea groups is 1. The number of benzene rings is 1. The van der Waals surface area contributed by atoms with Crippen LogP contribution in [0.25, 0.3) is 0 Å². The number of rotatable bonds is 6. The average Bonchev–Trinajstić information content (AvgIpc) is 3.51. The largest absolute Gasteiger partial charge is 0.342 e. The molecule has 0 aromatic heterocycles. The van der Waals surface area contributed by atoms with Crippen molar-refractivity contribution < 1.29 is 9.59 Å². The minimum Gasteiger partial charge on any atom is -0.342 e. The van der Waals surface area contributed by atoms with E-state index in [1.165, 1.54) is 4.90 Å². The van der Waals surface area contributed by atoms with Crippen LogP contribution in [-0.4, -0.2) is 54.7 Å². The molecule has 0 spiro atoms. The molecule has 1 aromatic rings. The first-order valence-electron chi connectivity index (χ1n) is 9.47. The van der Waals surface area contributed by atoms with Gasteiger partial charge >= 0.3 is 6.03 Å². The van der Waals surface area contributed by atoms with Gasteiger partial charge in [0, 0.05) is 44.0 Å². The maximum absolute atomic E-state index is 12.4. The molecule has 0 unspecified atom stereocenters. The first-order valence-corrected chi connectivity index (χ1v) is 10.7. The van der Waals surface area contributed by atoms with Crippen LogP contribution in [0.1, 0.15) is 31.2 Å². The van der Waals surface area contributed by atoms with Crippen molar-refractivity contribution in [1.29, 1.82) is 0 Å². The van der Waals surface area contributed by atoms with Crippen LogP contribution in [0.4, 0.5) is 4.79 Å². The summed E-state index contributed by atoms with van der Waals surface area (Å²) in [5, 5.41) is 3.05. The van der Waals surface area contributed by atoms with Gasteiger partial charge in [0.05, 0.1) is 0 Å². The van der Waals surface area contributed by atoms with E-state index in [0.717, 1.165) is 44.3 Å². The van der Waals surface area contributed by atoms with Gasteiger partial charge in [-0.05, 0) is 55.6 Å². The molecule has 2 fully saturated rings. The molecule has 0 bridgehead atoms. The molecule has 142 valence electrons. The maximum Gasteiger partial charge on any atom is 0.317 e. The molecule has 3 rings (SSSR count). The monoisotopic (exact) mass is 375 g/mol. The van der Waals surface area contributed by atoms with E-state index in [-0.39, 0.29) is 11.9 Å². The highest BCUT2D eigenvalue weighted by Crippen LogP contribution is 2.32. The van der Waals surface area contributed by atoms with E-state index in [4.69, 9.17) is 0 Å². The summed E-state index contributed by atoms with van der Waals surface area (Å²) in [7, 11) is 1.82. The first-order chi connectivity index (χ1) is 12.6. The minimum absolute atomic E-state index is 0.0507. The van der Waals surface area contributed by atoms with E-state index in [1.807, 2.05) is 24.1 Å². The standard InChI is InChI=1S/C20H29N3O2S/c1-22(13-15-5-3-7-18(11-15)26-2)20(25)21-12-16-6-4-10-23(14-16)19(24)17-8-9-17/h3,5,7,11,16-17H,4,6,8-10,12-14H2,1-2H3,(H,21,25)/t16-/m1/s1. The SMILES string of the molecule is CSc1cccc(CN(C)C(=O)NC[C@H]2CCCN(C(=O)C3CC3)C2)c1. The predicted octanol–water partition coefficient (Wildman–Crippen LogP) is 3.20. The maximum atomic E-state index is 12.4. The van der Waals surface area contributed by atoms with Gasteiger partial charge in [-0.3, -0.25) is 4.79 Å². The molecule has 0 radical (unpaired) electrons. The number of likely N-dealkylation sites (tertiary alicyclic amines) is 1. The molecule has 1 heterocycles. The third kappa shape index (κ3) is 5.16. The van der Waals surface area contributed by atoms with Crippen molar-refractivity contribution in [3.63, 3.8) is 0 Å². The van der Waals surface area contributed by atoms with E-state index >= 15 is 0 Å². The van der Waals surface area contributed by atoms with Gasteiger partial charge in [0.15, 0.2) is 0 Å². The first kappa shape index (κ1) is 19.1. The van der Waals surface area contributed by atoms with Crippen molar-refractivity contribution in [2.24, 2.45) is 11.8 Å². The van der Waals surface area contributed by atoms with Crippen LogP contribution in [0.15, 0.2) is 29.2 Å². The van der Waals surface area contributed by atoms with Crippen LogP contribution in [0.3, 0.4) is 0 Å². The number of nitrogens with one attached hydrogen (secondary N) is 1. The molecule has 1 aromatic carbocycles. The zero-order valence-electron chi connectivity index (χ0n) is 15.7. The third-order valence-corrected chi connectivity index (χ3v) is 5.93. The lowest BCUT2D eigenvalue weighted by Gasteiger charge is -2.33. The molecule has 1 aliphatic carbocycles. The van der Waals surface area contributed by atoms with Crippen LogP contribution in [-0.2, 0) is 11.3 Å². The number of hydrogen-bond acceptors (Lipinski definition) is 3. The topological polar surface area (TPSA) is 52.7 Å². The molecule has 26 heavy (non-hydrogen) atoms. The number of carbonyl (C=O) groups is 2. The Morgan fingerprint density at radius 3 is 2.85 bits per heavy atom. The second-order valence-electron chi connectivity index (χ2n) is 7.46. The summed E-state index contributed by atoms with van der Waals surface area (Å²) in [5.74, 6) is 0.974. The van der Waals surface area contributed by atoms with Crippen molar-refractivity contribution >= 4 is 23.7 Å². The smallest absolute Gasteiger partial charge is 0.317 e. The predicted molar refractivity (Wildman–Crippen MR) is 105 cm³/mol. The Kier molecular flexibility index (Phi) is 6.46. The summed E-state index contributed by atoms with van der Waals surface area (Å²) in [6, 6.07) is 8.22. The van der Waals surface area contributed by atoms with Crippen molar-refractivity contribution in [2.75, 3.05) is 32.9 Å². The summed E-state index contributed by atoms with van der Waals surface area (Å²) in [6.45, 7) is 2.90. The summed E-state index contributed by atoms with van der Waals surface area (Å²) >= 11 is 1.71. The Hall–Kier alpha value is -1.69. The van der Waals surface area contributed by atoms with Gasteiger partial charge in [-0.1, -0.05) is 12.1 Å². The molecular weight excluding hydrogens is 346 g/mol. The Balaban J connectivity index is 1.44.